The van der Waals surface area contributed by atoms with Crippen LogP contribution in [0.5, 0.6) is 0 Å². The van der Waals surface area contributed by atoms with Crippen LogP contribution in [0.25, 0.3) is 0 Å². The molecule has 3 amide bonds. The Hall–Kier alpha value is -4.38. The van der Waals surface area contributed by atoms with Crippen LogP contribution in [0.3, 0.4) is 0 Å². The van der Waals surface area contributed by atoms with E-state index < -0.39 is 42.0 Å². The van der Waals surface area contributed by atoms with Gasteiger partial charge in [-0.05, 0) is 54.3 Å². The largest absolute Gasteiger partial charge is 0.467 e. The highest BCUT2D eigenvalue weighted by atomic mass is 32.1. The molecule has 0 aliphatic rings. The molecular weight excluding hydrogens is 531 g/mol. The number of anilines is 1. The summed E-state index contributed by atoms with van der Waals surface area (Å²) in [5.41, 5.74) is 0.111. The van der Waals surface area contributed by atoms with Gasteiger partial charge in [-0.2, -0.15) is 13.2 Å². The highest BCUT2D eigenvalue weighted by molar-refractivity contribution is 7.12. The minimum absolute atomic E-state index is 0.00602. The number of thiophene rings is 1. The number of amides is 3. The molecular formula is C28H24F3N3O4S. The van der Waals surface area contributed by atoms with Crippen LogP contribution in [0.15, 0.2) is 88.9 Å². The molecule has 1 unspecified atom stereocenters. The molecule has 202 valence electrons. The van der Waals surface area contributed by atoms with Crippen LogP contribution in [-0.4, -0.2) is 24.3 Å². The molecule has 0 saturated carbocycles. The zero-order valence-electron chi connectivity index (χ0n) is 20.7. The summed E-state index contributed by atoms with van der Waals surface area (Å²) in [5, 5.41) is 6.90. The molecule has 0 saturated heterocycles. The van der Waals surface area contributed by atoms with E-state index in [9.17, 15) is 27.6 Å². The summed E-state index contributed by atoms with van der Waals surface area (Å²) in [7, 11) is 0. The van der Waals surface area contributed by atoms with Gasteiger partial charge in [-0.3, -0.25) is 19.3 Å². The second kappa shape index (κ2) is 12.0. The van der Waals surface area contributed by atoms with E-state index >= 15 is 0 Å². The first-order valence-electron chi connectivity index (χ1n) is 11.8. The molecule has 0 aliphatic carbocycles. The first-order chi connectivity index (χ1) is 18.6. The molecule has 2 N–H and O–H groups in total. The zero-order valence-corrected chi connectivity index (χ0v) is 21.5. The van der Waals surface area contributed by atoms with E-state index in [1.54, 1.807) is 53.9 Å². The lowest BCUT2D eigenvalue weighted by Crippen LogP contribution is -2.47. The van der Waals surface area contributed by atoms with Crippen molar-refractivity contribution in [2.75, 3.05) is 11.4 Å². The minimum Gasteiger partial charge on any atom is -0.467 e. The number of nitrogens with one attached hydrogen (secondary N) is 2. The second-order valence-electron chi connectivity index (χ2n) is 8.58. The molecule has 4 rings (SSSR count). The van der Waals surface area contributed by atoms with Crippen LogP contribution in [0.4, 0.5) is 18.9 Å². The van der Waals surface area contributed by atoms with Crippen molar-refractivity contribution in [1.82, 2.24) is 10.6 Å². The first kappa shape index (κ1) is 27.6. The molecule has 0 aliphatic heterocycles. The van der Waals surface area contributed by atoms with Crippen molar-refractivity contribution in [2.24, 2.45) is 0 Å². The van der Waals surface area contributed by atoms with Crippen molar-refractivity contribution in [1.29, 1.82) is 0 Å². The maximum absolute atomic E-state index is 13.6. The molecule has 0 radical (unpaired) electrons. The van der Waals surface area contributed by atoms with E-state index in [1.165, 1.54) is 23.7 Å². The van der Waals surface area contributed by atoms with Crippen molar-refractivity contribution < 1.29 is 32.0 Å². The molecule has 0 spiro atoms. The Balaban J connectivity index is 1.73. The van der Waals surface area contributed by atoms with Crippen LogP contribution in [0.2, 0.25) is 0 Å². The molecule has 0 fully saturated rings. The molecule has 0 bridgehead atoms. The minimum atomic E-state index is -4.68. The van der Waals surface area contributed by atoms with E-state index in [0.29, 0.717) is 16.2 Å². The van der Waals surface area contributed by atoms with Gasteiger partial charge >= 0.3 is 6.18 Å². The first-order valence-corrected chi connectivity index (χ1v) is 12.7. The van der Waals surface area contributed by atoms with Gasteiger partial charge in [0.1, 0.15) is 11.8 Å². The van der Waals surface area contributed by atoms with Gasteiger partial charge in [0.2, 0.25) is 11.8 Å². The maximum atomic E-state index is 13.6. The van der Waals surface area contributed by atoms with E-state index in [2.05, 4.69) is 10.6 Å². The standard InChI is InChI=1S/C28H24F3N3O4S/c1-18-9-11-19(12-10-18)25(27(37)32-16-22-7-3-13-38-22)34(21-6-2-5-20(15-21)28(29,30)31)24(35)17-33-26(36)23-8-4-14-39-23/h2-15,25H,16-17H2,1H3,(H,32,37)(H,33,36). The Morgan fingerprint density at radius 2 is 1.74 bits per heavy atom. The summed E-state index contributed by atoms with van der Waals surface area (Å²) >= 11 is 1.17. The number of aryl methyl sites for hydroxylation is 1. The van der Waals surface area contributed by atoms with Gasteiger partial charge in [-0.15, -0.1) is 11.3 Å². The van der Waals surface area contributed by atoms with Crippen LogP contribution in [-0.2, 0) is 22.3 Å². The van der Waals surface area contributed by atoms with Crippen molar-refractivity contribution in [3.63, 3.8) is 0 Å². The SMILES string of the molecule is Cc1ccc(C(C(=O)NCc2ccco2)N(C(=O)CNC(=O)c2cccs2)c2cccc(C(F)(F)F)c2)cc1. The average molecular weight is 556 g/mol. The number of hydrogen-bond acceptors (Lipinski definition) is 5. The Morgan fingerprint density at radius 1 is 0.974 bits per heavy atom. The Morgan fingerprint density at radius 3 is 2.38 bits per heavy atom. The summed E-state index contributed by atoms with van der Waals surface area (Å²) in [6.45, 7) is 1.28. The lowest BCUT2D eigenvalue weighted by molar-refractivity contribution is -0.137. The van der Waals surface area contributed by atoms with E-state index in [4.69, 9.17) is 4.42 Å². The second-order valence-corrected chi connectivity index (χ2v) is 9.53. The zero-order chi connectivity index (χ0) is 28.0. The number of hydrogen-bond donors (Lipinski definition) is 2. The van der Waals surface area contributed by atoms with Gasteiger partial charge in [-0.25, -0.2) is 0 Å². The summed E-state index contributed by atoms with van der Waals surface area (Å²) in [5.74, 6) is -1.49. The smallest absolute Gasteiger partial charge is 0.416 e. The molecule has 11 heteroatoms. The molecule has 7 nitrogen and oxygen atoms in total. The maximum Gasteiger partial charge on any atom is 0.416 e. The fraction of sp³-hybridized carbons (Fsp3) is 0.179. The van der Waals surface area contributed by atoms with E-state index in [1.807, 2.05) is 6.92 Å². The predicted molar refractivity (Wildman–Crippen MR) is 140 cm³/mol. The highest BCUT2D eigenvalue weighted by Gasteiger charge is 2.36. The van der Waals surface area contributed by atoms with E-state index in [-0.39, 0.29) is 12.2 Å². The van der Waals surface area contributed by atoms with E-state index in [0.717, 1.165) is 28.7 Å². The monoisotopic (exact) mass is 555 g/mol. The summed E-state index contributed by atoms with van der Waals surface area (Å²) in [6, 6.07) is 16.1. The van der Waals surface area contributed by atoms with Crippen LogP contribution < -0.4 is 15.5 Å². The molecule has 1 atom stereocenters. The number of rotatable bonds is 9. The topological polar surface area (TPSA) is 91.7 Å². The summed E-state index contributed by atoms with van der Waals surface area (Å²) in [6.07, 6.45) is -3.24. The Bertz CT molecular complexity index is 1420. The number of carbonyl (C=O) groups excluding carboxylic acids is 3. The number of benzene rings is 2. The van der Waals surface area contributed by atoms with Gasteiger partial charge in [0.15, 0.2) is 0 Å². The normalized spacial score (nSPS) is 12.0. The lowest BCUT2D eigenvalue weighted by Gasteiger charge is -2.32. The molecule has 2 aromatic carbocycles. The van der Waals surface area contributed by atoms with Crippen molar-refractivity contribution in [2.45, 2.75) is 25.7 Å². The lowest BCUT2D eigenvalue weighted by atomic mass is 10.0. The van der Waals surface area contributed by atoms with Gasteiger partial charge in [0.25, 0.3) is 5.91 Å². The van der Waals surface area contributed by atoms with Gasteiger partial charge in [0.05, 0.1) is 29.8 Å². The molecule has 2 aromatic heterocycles. The number of halogens is 3. The third-order valence-electron chi connectivity index (χ3n) is 5.78. The molecule has 2 heterocycles. The van der Waals surface area contributed by atoms with Crippen LogP contribution in [0.1, 0.15) is 38.2 Å². The number of nitrogens with zero attached hydrogens (tertiary/aromatic N) is 1. The predicted octanol–water partition coefficient (Wildman–Crippen LogP) is 5.49. The third-order valence-corrected chi connectivity index (χ3v) is 6.65. The molecule has 4 aromatic rings. The fourth-order valence-corrected chi connectivity index (χ4v) is 4.50. The number of carbonyl (C=O) groups is 3. The molecule has 39 heavy (non-hydrogen) atoms. The van der Waals surface area contributed by atoms with Crippen LogP contribution in [0, 0.1) is 6.92 Å². The van der Waals surface area contributed by atoms with Crippen LogP contribution >= 0.6 is 11.3 Å². The third kappa shape index (κ3) is 6.94. The number of alkyl halides is 3. The van der Waals surface area contributed by atoms with Gasteiger partial charge < -0.3 is 15.1 Å². The fourth-order valence-electron chi connectivity index (χ4n) is 3.86. The van der Waals surface area contributed by atoms with Gasteiger partial charge in [0, 0.05) is 5.69 Å². The summed E-state index contributed by atoms with van der Waals surface area (Å²) in [4.78, 5) is 41.1. The summed E-state index contributed by atoms with van der Waals surface area (Å²) < 4.78 is 46.1. The highest BCUT2D eigenvalue weighted by Crippen LogP contribution is 2.34. The Labute approximate surface area is 226 Å². The van der Waals surface area contributed by atoms with Crippen molar-refractivity contribution >= 4 is 34.7 Å². The van der Waals surface area contributed by atoms with Gasteiger partial charge in [-0.1, -0.05) is 42.0 Å². The van der Waals surface area contributed by atoms with Crippen molar-refractivity contribution in [3.05, 3.63) is 112 Å². The quantitative estimate of drug-likeness (QED) is 0.286. The van der Waals surface area contributed by atoms with Crippen molar-refractivity contribution in [3.8, 4) is 0 Å². The number of furan rings is 1. The Kier molecular flexibility index (Phi) is 8.50. The average Bonchev–Trinajstić information content (AvgIpc) is 3.64.